The Morgan fingerprint density at radius 3 is 3.18 bits per heavy atom. The molecule has 1 aliphatic rings. The molecule has 0 saturated carbocycles. The summed E-state index contributed by atoms with van der Waals surface area (Å²) in [5, 5.41) is 18.9. The van der Waals surface area contributed by atoms with Gasteiger partial charge in [0.2, 0.25) is 11.9 Å². The van der Waals surface area contributed by atoms with Gasteiger partial charge in [-0.3, -0.25) is 14.5 Å². The number of carbonyl (C=O) groups is 1. The summed E-state index contributed by atoms with van der Waals surface area (Å²) >= 11 is 0. The van der Waals surface area contributed by atoms with E-state index in [0.717, 1.165) is 29.9 Å². The highest BCUT2D eigenvalue weighted by atomic mass is 16.2. The first kappa shape index (κ1) is 12.9. The first-order valence-electron chi connectivity index (χ1n) is 7.19. The fourth-order valence-electron chi connectivity index (χ4n) is 2.76. The van der Waals surface area contributed by atoms with Crippen molar-refractivity contribution < 1.29 is 4.79 Å². The number of fused-ring (bicyclic) bond motifs is 2. The smallest absolute Gasteiger partial charge is 0.235 e. The molecule has 8 nitrogen and oxygen atoms in total. The van der Waals surface area contributed by atoms with Gasteiger partial charge < -0.3 is 4.57 Å². The lowest BCUT2D eigenvalue weighted by Gasteiger charge is -2.21. The number of pyridine rings is 1. The highest BCUT2D eigenvalue weighted by molar-refractivity contribution is 5.91. The van der Waals surface area contributed by atoms with Crippen molar-refractivity contribution in [3.8, 4) is 0 Å². The van der Waals surface area contributed by atoms with Gasteiger partial charge in [-0.15, -0.1) is 20.4 Å². The minimum Gasteiger partial charge on any atom is -0.317 e. The molecule has 0 radical (unpaired) electrons. The Hall–Kier alpha value is -2.77. The van der Waals surface area contributed by atoms with E-state index in [2.05, 4.69) is 25.7 Å². The number of carbonyl (C=O) groups excluding carboxylic acids is 1. The first-order chi connectivity index (χ1) is 10.7. The van der Waals surface area contributed by atoms with E-state index in [1.807, 2.05) is 29.8 Å². The lowest BCUT2D eigenvalue weighted by Crippen LogP contribution is -2.31. The maximum Gasteiger partial charge on any atom is 0.235 e. The van der Waals surface area contributed by atoms with Crippen molar-refractivity contribution in [3.63, 3.8) is 0 Å². The Balaban J connectivity index is 1.54. The molecule has 8 heteroatoms. The summed E-state index contributed by atoms with van der Waals surface area (Å²) in [4.78, 5) is 12.5. The van der Waals surface area contributed by atoms with Crippen LogP contribution in [0.15, 0.2) is 24.7 Å². The number of anilines is 1. The second-order valence-electron chi connectivity index (χ2n) is 5.58. The topological polar surface area (TPSA) is 90.0 Å². The first-order valence-corrected chi connectivity index (χ1v) is 7.19. The molecular weight excluding hydrogens is 282 g/mol. The number of hydrogen-bond acceptors (Lipinski definition) is 5. The third-order valence-corrected chi connectivity index (χ3v) is 4.00. The number of nitrogens with zero attached hydrogens (tertiary/aromatic N) is 6. The number of rotatable bonds is 2. The van der Waals surface area contributed by atoms with E-state index in [0.29, 0.717) is 12.5 Å². The molecule has 1 atom stereocenters. The van der Waals surface area contributed by atoms with Crippen LogP contribution in [0.5, 0.6) is 0 Å². The summed E-state index contributed by atoms with van der Waals surface area (Å²) in [5.74, 6) is 1.23. The van der Waals surface area contributed by atoms with E-state index in [1.165, 1.54) is 0 Å². The lowest BCUT2D eigenvalue weighted by atomic mass is 9.99. The van der Waals surface area contributed by atoms with Crippen molar-refractivity contribution in [1.29, 1.82) is 0 Å². The van der Waals surface area contributed by atoms with Gasteiger partial charge in [-0.2, -0.15) is 0 Å². The van der Waals surface area contributed by atoms with E-state index in [-0.39, 0.29) is 11.8 Å². The average Bonchev–Trinajstić information content (AvgIpc) is 3.13. The minimum absolute atomic E-state index is 0.0470. The van der Waals surface area contributed by atoms with E-state index in [9.17, 15) is 4.79 Å². The molecule has 0 bridgehead atoms. The summed E-state index contributed by atoms with van der Waals surface area (Å²) in [6, 6.07) is 3.88. The zero-order valence-corrected chi connectivity index (χ0v) is 12.1. The summed E-state index contributed by atoms with van der Waals surface area (Å²) in [5.41, 5.74) is 1.82. The molecule has 1 N–H and O–H groups in total. The van der Waals surface area contributed by atoms with Gasteiger partial charge in [0.15, 0.2) is 5.65 Å². The van der Waals surface area contributed by atoms with Gasteiger partial charge in [0.25, 0.3) is 0 Å². The fraction of sp³-hybridized carbons (Fsp3) is 0.357. The lowest BCUT2D eigenvalue weighted by molar-refractivity contribution is -0.120. The standard InChI is InChI=1S/C14H15N7O/c1-9-4-5-21-12(6-9)18-19-14(21)16-13(22)10-2-3-11-17-15-8-20(11)7-10/h4-6,8,10H,2-3,7H2,1H3,(H,16,19,22). The Bertz CT molecular complexity index is 850. The quantitative estimate of drug-likeness (QED) is 0.756. The molecule has 0 aliphatic carbocycles. The molecule has 0 saturated heterocycles. The third-order valence-electron chi connectivity index (χ3n) is 4.00. The van der Waals surface area contributed by atoms with Crippen LogP contribution in [-0.4, -0.2) is 35.3 Å². The second kappa shape index (κ2) is 4.90. The SMILES string of the molecule is Cc1ccn2c(NC(=O)C3CCc4nncn4C3)nnc2c1. The molecule has 0 aromatic carbocycles. The number of aromatic nitrogens is 6. The summed E-state index contributed by atoms with van der Waals surface area (Å²) < 4.78 is 3.71. The average molecular weight is 297 g/mol. The zero-order valence-electron chi connectivity index (χ0n) is 12.1. The van der Waals surface area contributed by atoms with Gasteiger partial charge in [0.1, 0.15) is 12.2 Å². The fourth-order valence-corrected chi connectivity index (χ4v) is 2.76. The number of nitrogens with one attached hydrogen (secondary N) is 1. The number of aryl methyl sites for hydroxylation is 2. The Morgan fingerprint density at radius 2 is 2.27 bits per heavy atom. The van der Waals surface area contributed by atoms with Gasteiger partial charge in [0.05, 0.1) is 5.92 Å². The van der Waals surface area contributed by atoms with Crippen LogP contribution in [-0.2, 0) is 17.8 Å². The highest BCUT2D eigenvalue weighted by Crippen LogP contribution is 2.20. The van der Waals surface area contributed by atoms with Gasteiger partial charge >= 0.3 is 0 Å². The van der Waals surface area contributed by atoms with E-state index in [4.69, 9.17) is 0 Å². The molecule has 0 spiro atoms. The van der Waals surface area contributed by atoms with Crippen LogP contribution in [0, 0.1) is 12.8 Å². The summed E-state index contributed by atoms with van der Waals surface area (Å²) in [6.45, 7) is 2.59. The van der Waals surface area contributed by atoms with Crippen LogP contribution in [0.3, 0.4) is 0 Å². The van der Waals surface area contributed by atoms with Crippen LogP contribution >= 0.6 is 0 Å². The molecular formula is C14H15N7O. The molecule has 1 aliphatic heterocycles. The van der Waals surface area contributed by atoms with E-state index >= 15 is 0 Å². The predicted octanol–water partition coefficient (Wildman–Crippen LogP) is 0.830. The Kier molecular flexibility index (Phi) is 2.88. The normalized spacial score (nSPS) is 17.4. The minimum atomic E-state index is -0.110. The van der Waals surface area contributed by atoms with Gasteiger partial charge in [0, 0.05) is 19.2 Å². The van der Waals surface area contributed by atoms with Crippen LogP contribution in [0.25, 0.3) is 5.65 Å². The van der Waals surface area contributed by atoms with Crippen molar-refractivity contribution in [3.05, 3.63) is 36.0 Å². The molecule has 112 valence electrons. The molecule has 1 unspecified atom stereocenters. The highest BCUT2D eigenvalue weighted by Gasteiger charge is 2.26. The van der Waals surface area contributed by atoms with Gasteiger partial charge in [-0.05, 0) is 31.0 Å². The molecule has 1 amide bonds. The second-order valence-corrected chi connectivity index (χ2v) is 5.58. The van der Waals surface area contributed by atoms with Crippen LogP contribution < -0.4 is 5.32 Å². The van der Waals surface area contributed by atoms with Crippen LogP contribution in [0.2, 0.25) is 0 Å². The molecule has 4 heterocycles. The largest absolute Gasteiger partial charge is 0.317 e. The summed E-state index contributed by atoms with van der Waals surface area (Å²) in [7, 11) is 0. The molecule has 3 aromatic heterocycles. The van der Waals surface area contributed by atoms with Crippen molar-refractivity contribution >= 4 is 17.5 Å². The Labute approximate surface area is 126 Å². The van der Waals surface area contributed by atoms with Crippen molar-refractivity contribution in [2.24, 2.45) is 5.92 Å². The summed E-state index contributed by atoms with van der Waals surface area (Å²) in [6.07, 6.45) is 5.06. The third kappa shape index (κ3) is 2.12. The zero-order chi connectivity index (χ0) is 15.1. The van der Waals surface area contributed by atoms with Gasteiger partial charge in [-0.25, -0.2) is 0 Å². The van der Waals surface area contributed by atoms with Crippen molar-refractivity contribution in [1.82, 2.24) is 29.4 Å². The monoisotopic (exact) mass is 297 g/mol. The molecule has 3 aromatic rings. The maximum absolute atomic E-state index is 12.5. The van der Waals surface area contributed by atoms with E-state index in [1.54, 1.807) is 10.7 Å². The van der Waals surface area contributed by atoms with E-state index < -0.39 is 0 Å². The maximum atomic E-state index is 12.5. The van der Waals surface area contributed by atoms with Gasteiger partial charge in [-0.1, -0.05) is 0 Å². The number of amides is 1. The molecule has 22 heavy (non-hydrogen) atoms. The molecule has 4 rings (SSSR count). The Morgan fingerprint density at radius 1 is 1.36 bits per heavy atom. The predicted molar refractivity (Wildman–Crippen MR) is 78.2 cm³/mol. The molecule has 0 fully saturated rings. The number of hydrogen-bond donors (Lipinski definition) is 1. The van der Waals surface area contributed by atoms with Crippen LogP contribution in [0.1, 0.15) is 17.8 Å². The van der Waals surface area contributed by atoms with Crippen molar-refractivity contribution in [2.45, 2.75) is 26.3 Å². The van der Waals surface area contributed by atoms with Crippen molar-refractivity contribution in [2.75, 3.05) is 5.32 Å². The van der Waals surface area contributed by atoms with Crippen LogP contribution in [0.4, 0.5) is 5.95 Å².